The summed E-state index contributed by atoms with van der Waals surface area (Å²) in [5, 5.41) is 21.6. The average Bonchev–Trinajstić information content (AvgIpc) is 2.66. The molecule has 26 heavy (non-hydrogen) atoms. The fourth-order valence-corrected chi connectivity index (χ4v) is 5.59. The Hall–Kier alpha value is -2.03. The number of ether oxygens (including phenoxy) is 2. The molecule has 5 heteroatoms. The summed E-state index contributed by atoms with van der Waals surface area (Å²) in [6, 6.07) is 6.44. The van der Waals surface area contributed by atoms with Gasteiger partial charge in [-0.3, -0.25) is 4.90 Å². The standard InChI is InChI=1S/C21H26N2O3/c1-4-23-10-9-20-12-14(13-22)7-8-21(20,24)17(23)11-15-5-6-16(25-2)19(26-3)18(15)20/h5-6,12,17,24H,4,7-11H2,1-3H3/t17-,20-,21+/m0/s1. The molecule has 4 rings (SSSR count). The van der Waals surface area contributed by atoms with Crippen LogP contribution < -0.4 is 9.47 Å². The van der Waals surface area contributed by atoms with E-state index >= 15 is 0 Å². The highest BCUT2D eigenvalue weighted by Gasteiger charge is 2.63. The van der Waals surface area contributed by atoms with E-state index in [9.17, 15) is 10.4 Å². The van der Waals surface area contributed by atoms with E-state index in [1.54, 1.807) is 14.2 Å². The normalized spacial score (nSPS) is 32.7. The van der Waals surface area contributed by atoms with Gasteiger partial charge in [0.25, 0.3) is 0 Å². The van der Waals surface area contributed by atoms with E-state index in [0.29, 0.717) is 24.3 Å². The molecular weight excluding hydrogens is 328 g/mol. The van der Waals surface area contributed by atoms with Gasteiger partial charge in [0.2, 0.25) is 0 Å². The van der Waals surface area contributed by atoms with Crippen molar-refractivity contribution in [3.8, 4) is 17.6 Å². The number of nitrogens with zero attached hydrogens (tertiary/aromatic N) is 2. The second-order valence-corrected chi connectivity index (χ2v) is 7.61. The monoisotopic (exact) mass is 354 g/mol. The molecule has 138 valence electrons. The Labute approximate surface area is 154 Å². The lowest BCUT2D eigenvalue weighted by atomic mass is 9.50. The van der Waals surface area contributed by atoms with E-state index in [1.807, 2.05) is 12.1 Å². The van der Waals surface area contributed by atoms with Crippen molar-refractivity contribution < 1.29 is 14.6 Å². The topological polar surface area (TPSA) is 65.7 Å². The highest BCUT2D eigenvalue weighted by molar-refractivity contribution is 5.62. The first kappa shape index (κ1) is 17.4. The predicted molar refractivity (Wildman–Crippen MR) is 98.5 cm³/mol. The van der Waals surface area contributed by atoms with Crippen molar-refractivity contribution in [2.45, 2.75) is 49.7 Å². The third-order valence-electron chi connectivity index (χ3n) is 6.80. The van der Waals surface area contributed by atoms with Gasteiger partial charge in [0.05, 0.1) is 31.3 Å². The minimum absolute atomic E-state index is 0.0587. The van der Waals surface area contributed by atoms with Crippen LogP contribution in [0.25, 0.3) is 0 Å². The van der Waals surface area contributed by atoms with Crippen molar-refractivity contribution in [3.05, 3.63) is 34.9 Å². The summed E-state index contributed by atoms with van der Waals surface area (Å²) < 4.78 is 11.3. The van der Waals surface area contributed by atoms with Crippen molar-refractivity contribution in [1.29, 1.82) is 5.26 Å². The van der Waals surface area contributed by atoms with Crippen molar-refractivity contribution >= 4 is 0 Å². The number of piperidine rings is 1. The number of likely N-dealkylation sites (N-methyl/N-ethyl adjacent to an activating group) is 1. The van der Waals surface area contributed by atoms with Crippen molar-refractivity contribution in [2.75, 3.05) is 27.3 Å². The van der Waals surface area contributed by atoms with Gasteiger partial charge in [0.1, 0.15) is 0 Å². The zero-order valence-electron chi connectivity index (χ0n) is 15.7. The number of nitriles is 1. The summed E-state index contributed by atoms with van der Waals surface area (Å²) in [6.07, 6.45) is 4.83. The Morgan fingerprint density at radius 2 is 2.12 bits per heavy atom. The lowest BCUT2D eigenvalue weighted by molar-refractivity contribution is -0.138. The number of likely N-dealkylation sites (tertiary alicyclic amines) is 1. The summed E-state index contributed by atoms with van der Waals surface area (Å²) in [7, 11) is 3.29. The van der Waals surface area contributed by atoms with Crippen molar-refractivity contribution in [3.63, 3.8) is 0 Å². The Bertz CT molecular complexity index is 812. The van der Waals surface area contributed by atoms with Gasteiger partial charge in [0.15, 0.2) is 11.5 Å². The predicted octanol–water partition coefficient (Wildman–Crippen LogP) is 2.57. The SMILES string of the molecule is CCN1CC[C@@]23C=C(C#N)CC[C@@]2(O)[C@@H]1Cc1ccc(OC)c(OC)c13. The zero-order chi connectivity index (χ0) is 18.5. The molecule has 1 aliphatic heterocycles. The van der Waals surface area contributed by atoms with E-state index < -0.39 is 11.0 Å². The Morgan fingerprint density at radius 3 is 2.77 bits per heavy atom. The van der Waals surface area contributed by atoms with E-state index in [4.69, 9.17) is 9.47 Å². The smallest absolute Gasteiger partial charge is 0.165 e. The average molecular weight is 354 g/mol. The molecule has 1 saturated heterocycles. The molecule has 5 nitrogen and oxygen atoms in total. The molecule has 0 saturated carbocycles. The van der Waals surface area contributed by atoms with Crippen LogP contribution in [0.3, 0.4) is 0 Å². The van der Waals surface area contributed by atoms with Crippen LogP contribution in [0.15, 0.2) is 23.8 Å². The van der Waals surface area contributed by atoms with Gasteiger partial charge in [-0.05, 0) is 50.4 Å². The van der Waals surface area contributed by atoms with Crippen LogP contribution in [0.1, 0.15) is 37.3 Å². The Morgan fingerprint density at radius 1 is 1.31 bits per heavy atom. The maximum atomic E-state index is 12.0. The number of hydrogen-bond acceptors (Lipinski definition) is 5. The van der Waals surface area contributed by atoms with Crippen LogP contribution in [0.5, 0.6) is 11.5 Å². The van der Waals surface area contributed by atoms with Gasteiger partial charge >= 0.3 is 0 Å². The fraction of sp³-hybridized carbons (Fsp3) is 0.571. The molecule has 3 atom stereocenters. The number of aliphatic hydroxyl groups is 1. The van der Waals surface area contributed by atoms with Gasteiger partial charge in [-0.1, -0.05) is 19.1 Å². The summed E-state index contributed by atoms with van der Waals surface area (Å²) >= 11 is 0. The van der Waals surface area contributed by atoms with E-state index in [-0.39, 0.29) is 6.04 Å². The van der Waals surface area contributed by atoms with Crippen molar-refractivity contribution in [2.24, 2.45) is 0 Å². The van der Waals surface area contributed by atoms with Crippen molar-refractivity contribution in [1.82, 2.24) is 4.90 Å². The van der Waals surface area contributed by atoms with Gasteiger partial charge < -0.3 is 14.6 Å². The Kier molecular flexibility index (Phi) is 4.02. The van der Waals surface area contributed by atoms with Crippen LogP contribution in [0, 0.1) is 11.3 Å². The van der Waals surface area contributed by atoms with Crippen LogP contribution in [0.4, 0.5) is 0 Å². The highest BCUT2D eigenvalue weighted by Crippen LogP contribution is 2.60. The zero-order valence-corrected chi connectivity index (χ0v) is 15.7. The molecule has 1 N–H and O–H groups in total. The highest BCUT2D eigenvalue weighted by atomic mass is 16.5. The first-order valence-corrected chi connectivity index (χ1v) is 9.37. The second-order valence-electron chi connectivity index (χ2n) is 7.61. The molecule has 0 amide bonds. The minimum Gasteiger partial charge on any atom is -0.493 e. The summed E-state index contributed by atoms with van der Waals surface area (Å²) in [4.78, 5) is 2.39. The third kappa shape index (κ3) is 2.03. The molecule has 2 aliphatic carbocycles. The first-order valence-electron chi connectivity index (χ1n) is 9.37. The molecule has 2 bridgehead atoms. The second kappa shape index (κ2) is 6.00. The van der Waals surface area contributed by atoms with Crippen LogP contribution in [0.2, 0.25) is 0 Å². The van der Waals surface area contributed by atoms with Gasteiger partial charge in [-0.15, -0.1) is 0 Å². The number of benzene rings is 1. The molecule has 1 fully saturated rings. The minimum atomic E-state index is -0.895. The Balaban J connectivity index is 2.05. The van der Waals surface area contributed by atoms with Crippen LogP contribution >= 0.6 is 0 Å². The summed E-state index contributed by atoms with van der Waals surface area (Å²) in [6.45, 7) is 3.97. The molecule has 0 aromatic heterocycles. The number of allylic oxidation sites excluding steroid dienone is 1. The largest absolute Gasteiger partial charge is 0.493 e. The first-order chi connectivity index (χ1) is 12.5. The number of rotatable bonds is 3. The molecular formula is C21H26N2O3. The quantitative estimate of drug-likeness (QED) is 0.904. The maximum absolute atomic E-state index is 12.0. The number of fused-ring (bicyclic) bond motifs is 1. The fourth-order valence-electron chi connectivity index (χ4n) is 5.59. The van der Waals surface area contributed by atoms with E-state index in [0.717, 1.165) is 37.1 Å². The molecule has 1 aromatic rings. The summed E-state index contributed by atoms with van der Waals surface area (Å²) in [5.74, 6) is 1.37. The van der Waals surface area contributed by atoms with Crippen LogP contribution in [-0.4, -0.2) is 49.0 Å². The number of hydrogen-bond donors (Lipinski definition) is 1. The lowest BCUT2D eigenvalue weighted by Gasteiger charge is -2.62. The third-order valence-corrected chi connectivity index (χ3v) is 6.80. The van der Waals surface area contributed by atoms with E-state index in [1.165, 1.54) is 5.56 Å². The molecule has 0 radical (unpaired) electrons. The molecule has 1 aromatic carbocycles. The molecule has 3 aliphatic rings. The molecule has 1 heterocycles. The lowest BCUT2D eigenvalue weighted by Crippen LogP contribution is -2.71. The van der Waals surface area contributed by atoms with Gasteiger partial charge in [-0.25, -0.2) is 0 Å². The van der Waals surface area contributed by atoms with Crippen LogP contribution in [-0.2, 0) is 11.8 Å². The molecule has 0 spiro atoms. The van der Waals surface area contributed by atoms with Gasteiger partial charge in [-0.2, -0.15) is 5.26 Å². The maximum Gasteiger partial charge on any atom is 0.165 e. The van der Waals surface area contributed by atoms with Gasteiger partial charge in [0, 0.05) is 17.2 Å². The number of methoxy groups -OCH3 is 2. The summed E-state index contributed by atoms with van der Waals surface area (Å²) in [5.41, 5.74) is 1.47. The molecule has 0 unspecified atom stereocenters. The van der Waals surface area contributed by atoms with E-state index in [2.05, 4.69) is 24.0 Å².